The summed E-state index contributed by atoms with van der Waals surface area (Å²) in [5.41, 5.74) is -1.09. The van der Waals surface area contributed by atoms with Gasteiger partial charge in [-0.25, -0.2) is 4.79 Å². The van der Waals surface area contributed by atoms with Crippen LogP contribution in [0, 0.1) is 95.5 Å². The molecule has 1 saturated heterocycles. The smallest absolute Gasteiger partial charge is 0.411 e. The van der Waals surface area contributed by atoms with Crippen molar-refractivity contribution in [1.82, 2.24) is 4.90 Å². The minimum Gasteiger partial charge on any atom is -0.857 e. The third kappa shape index (κ3) is 12.6. The van der Waals surface area contributed by atoms with Crippen LogP contribution < -0.4 is 5.11 Å². The molecule has 0 aromatic carbocycles. The molecule has 0 saturated carbocycles. The van der Waals surface area contributed by atoms with Crippen molar-refractivity contribution in [3.05, 3.63) is 6.54 Å². The van der Waals surface area contributed by atoms with Crippen molar-refractivity contribution < 1.29 is 114 Å². The maximum absolute atomic E-state index is 11.6. The zero-order valence-electron chi connectivity index (χ0n) is 13.4. The molecule has 1 aliphatic rings. The summed E-state index contributed by atoms with van der Waals surface area (Å²) in [6.07, 6.45) is -0.457. The molecule has 9 heteroatoms. The van der Waals surface area contributed by atoms with Crippen molar-refractivity contribution in [3.63, 3.8) is 0 Å². The van der Waals surface area contributed by atoms with Gasteiger partial charge in [-0.3, -0.25) is 9.69 Å². The van der Waals surface area contributed by atoms with Gasteiger partial charge in [0.15, 0.2) is 5.78 Å². The first kappa shape index (κ1) is 34.0. The van der Waals surface area contributed by atoms with Gasteiger partial charge >= 0.3 is 6.09 Å². The summed E-state index contributed by atoms with van der Waals surface area (Å²) in [6.45, 7) is 10.7. The number of rotatable bonds is 0. The molecule has 0 aromatic rings. The molecule has 1 heterocycles. The number of ketones is 1. The van der Waals surface area contributed by atoms with E-state index in [0.717, 1.165) is 7.11 Å². The molecule has 21 heavy (non-hydrogen) atoms. The number of ether oxygens (including phenoxy) is 1. The molecule has 1 rings (SSSR count). The van der Waals surface area contributed by atoms with Crippen LogP contribution in [-0.4, -0.2) is 47.0 Å². The summed E-state index contributed by atoms with van der Waals surface area (Å²) in [5.74, 6) is 0.0355. The third-order valence-corrected chi connectivity index (χ3v) is 2.14. The minimum absolute atomic E-state index is 0. The SMILES string of the molecule is CC(C)(C)OC(=O)N1[CH]C(C)(C)C(=O)C1.C[O-].O.O.[Ce].[Ce]. The van der Waals surface area contributed by atoms with E-state index in [4.69, 9.17) is 9.84 Å². The van der Waals surface area contributed by atoms with Crippen molar-refractivity contribution >= 4 is 11.9 Å². The predicted octanol–water partition coefficient (Wildman–Crippen LogP) is -0.679. The summed E-state index contributed by atoms with van der Waals surface area (Å²) in [7, 11) is 0.750. The predicted molar refractivity (Wildman–Crippen MR) is 69.2 cm³/mol. The van der Waals surface area contributed by atoms with Crippen molar-refractivity contribution in [2.24, 2.45) is 5.41 Å². The molecule has 4 N–H and O–H groups in total. The maximum Gasteiger partial charge on any atom is 0.411 e. The number of hydrogen-bond donors (Lipinski definition) is 0. The fraction of sp³-hybridized carbons (Fsp3) is 0.750. The number of nitrogens with zero attached hydrogens (tertiary/aromatic N) is 1. The Morgan fingerprint density at radius 1 is 1.24 bits per heavy atom. The maximum atomic E-state index is 11.6. The van der Waals surface area contributed by atoms with Crippen LogP contribution >= 0.6 is 0 Å². The molecule has 1 radical (unpaired) electrons. The van der Waals surface area contributed by atoms with Gasteiger partial charge in [0.05, 0.1) is 13.1 Å². The van der Waals surface area contributed by atoms with Crippen LogP contribution in [0.1, 0.15) is 34.6 Å². The summed E-state index contributed by atoms with van der Waals surface area (Å²) in [6, 6.07) is 0. The topological polar surface area (TPSA) is 133 Å². The standard InChI is InChI=1S/C11H18NO3.CH3O.2Ce.2H2O/c1-10(2,3)15-9(14)12-6-8(13)11(4,5)7-12;1-2;;;;/h7H,6H2,1-5H3;1H3;;;2*1H2/q;-1;;;;. The number of amides is 1. The summed E-state index contributed by atoms with van der Waals surface area (Å²) in [4.78, 5) is 24.5. The molecular formula is C12H25Ce2NO6-. The Morgan fingerprint density at radius 3 is 1.86 bits per heavy atom. The molecule has 0 aromatic heterocycles. The molecular weight excluding hydrogens is 534 g/mol. The molecule has 7 nitrogen and oxygen atoms in total. The zero-order valence-corrected chi connectivity index (χ0v) is 19.6. The second-order valence-corrected chi connectivity index (χ2v) is 5.38. The largest absolute Gasteiger partial charge is 0.857 e. The van der Waals surface area contributed by atoms with Crippen molar-refractivity contribution in [2.45, 2.75) is 40.2 Å². The molecule has 0 aliphatic carbocycles. The molecule has 1 amide bonds. The number of carbonyl (C=O) groups excluding carboxylic acids is 2. The quantitative estimate of drug-likeness (QED) is 0.389. The van der Waals surface area contributed by atoms with Gasteiger partial charge in [-0.2, -0.15) is 7.11 Å². The van der Waals surface area contributed by atoms with Gasteiger partial charge in [0.25, 0.3) is 0 Å². The second kappa shape index (κ2) is 14.0. The third-order valence-electron chi connectivity index (χ3n) is 2.14. The van der Waals surface area contributed by atoms with E-state index in [9.17, 15) is 9.59 Å². The van der Waals surface area contributed by atoms with E-state index in [1.807, 2.05) is 0 Å². The number of hydrogen-bond acceptors (Lipinski definition) is 4. The van der Waals surface area contributed by atoms with Crippen LogP contribution in [0.3, 0.4) is 0 Å². The van der Waals surface area contributed by atoms with Gasteiger partial charge < -0.3 is 20.8 Å². The molecule has 123 valence electrons. The average molecular weight is 560 g/mol. The zero-order chi connectivity index (χ0) is 13.9. The van der Waals surface area contributed by atoms with Gasteiger partial charge in [0.1, 0.15) is 5.60 Å². The Balaban J connectivity index is -0.000000136. The normalized spacial score (nSPS) is 15.0. The van der Waals surface area contributed by atoms with Crippen LogP contribution in [0.15, 0.2) is 0 Å². The van der Waals surface area contributed by atoms with Gasteiger partial charge in [-0.1, -0.05) is 13.8 Å². The minimum atomic E-state index is -0.559. The van der Waals surface area contributed by atoms with Gasteiger partial charge in [0.2, 0.25) is 0 Å². The molecule has 1 aliphatic heterocycles. The Hall–Kier alpha value is 1.57. The molecule has 1 fully saturated rings. The molecule has 0 unspecified atom stereocenters. The summed E-state index contributed by atoms with van der Waals surface area (Å²) < 4.78 is 5.17. The van der Waals surface area contributed by atoms with E-state index in [0.29, 0.717) is 0 Å². The monoisotopic (exact) mass is 559 g/mol. The van der Waals surface area contributed by atoms with Gasteiger partial charge in [-0.05, 0) is 20.8 Å². The van der Waals surface area contributed by atoms with Gasteiger partial charge in [0, 0.05) is 88.9 Å². The van der Waals surface area contributed by atoms with Crippen molar-refractivity contribution in [2.75, 3.05) is 13.7 Å². The van der Waals surface area contributed by atoms with Gasteiger partial charge in [-0.15, -0.1) is 0 Å². The Kier molecular flexibility index (Phi) is 22.6. The van der Waals surface area contributed by atoms with E-state index in [2.05, 4.69) is 0 Å². The summed E-state index contributed by atoms with van der Waals surface area (Å²) >= 11 is 0. The fourth-order valence-electron chi connectivity index (χ4n) is 1.30. The van der Waals surface area contributed by atoms with Crippen LogP contribution in [0.4, 0.5) is 4.79 Å². The Labute approximate surface area is 193 Å². The average Bonchev–Trinajstić information content (AvgIpc) is 2.42. The molecule has 0 atom stereocenters. The number of likely N-dealkylation sites (tertiary alicyclic amines) is 1. The van der Waals surface area contributed by atoms with Crippen molar-refractivity contribution in [1.29, 1.82) is 0 Å². The van der Waals surface area contributed by atoms with E-state index in [1.54, 1.807) is 41.2 Å². The first-order chi connectivity index (χ1) is 7.62. The van der Waals surface area contributed by atoms with E-state index in [1.165, 1.54) is 4.90 Å². The van der Waals surface area contributed by atoms with Crippen molar-refractivity contribution in [3.8, 4) is 0 Å². The molecule has 0 bridgehead atoms. The van der Waals surface area contributed by atoms with Crippen LogP contribution in [0.5, 0.6) is 0 Å². The van der Waals surface area contributed by atoms with E-state index in [-0.39, 0.29) is 107 Å². The molecule has 0 spiro atoms. The Morgan fingerprint density at radius 2 is 1.62 bits per heavy atom. The van der Waals surface area contributed by atoms with Crippen LogP contribution in [-0.2, 0) is 9.53 Å². The van der Waals surface area contributed by atoms with Crippen LogP contribution in [0.2, 0.25) is 0 Å². The van der Waals surface area contributed by atoms with E-state index >= 15 is 0 Å². The number of Topliss-reactive ketones (excluding diaryl/α,β-unsaturated/α-hetero) is 1. The second-order valence-electron chi connectivity index (χ2n) is 5.38. The number of carbonyl (C=O) groups is 2. The fourth-order valence-corrected chi connectivity index (χ4v) is 1.30. The van der Waals surface area contributed by atoms with E-state index < -0.39 is 17.1 Å². The first-order valence-electron chi connectivity index (χ1n) is 5.42. The first-order valence-corrected chi connectivity index (χ1v) is 5.42. The summed E-state index contributed by atoms with van der Waals surface area (Å²) in [5, 5.41) is 8.25. The van der Waals surface area contributed by atoms with Crippen LogP contribution in [0.25, 0.3) is 0 Å². The Bertz CT molecular complexity index is 305.